The fourth-order valence-electron chi connectivity index (χ4n) is 1.20. The normalized spacial score (nSPS) is 11.5. The van der Waals surface area contributed by atoms with E-state index in [1.165, 1.54) is 0 Å². The average Bonchev–Trinajstić information content (AvgIpc) is 2.15. The van der Waals surface area contributed by atoms with Crippen LogP contribution in [0.15, 0.2) is 0 Å². The van der Waals surface area contributed by atoms with Crippen LogP contribution in [0.1, 0.15) is 40.0 Å². The number of rotatable bonds is 8. The second-order valence-electron chi connectivity index (χ2n) is 3.31. The summed E-state index contributed by atoms with van der Waals surface area (Å²) in [6.07, 6.45) is 2.99. The lowest BCUT2D eigenvalue weighted by molar-refractivity contribution is 0.120. The number of hydrogen-bond donors (Lipinski definition) is 0. The molecule has 0 aliphatic carbocycles. The molecule has 0 amide bonds. The van der Waals surface area contributed by atoms with Gasteiger partial charge in [-0.3, -0.25) is 0 Å². The number of thiocarbonyl (C=S) groups is 1. The number of unbranched alkanes of at least 4 members (excludes halogenated alkanes) is 1. The maximum absolute atomic E-state index is 5.65. The molecular formula is C10H22O3SSi. The highest BCUT2D eigenvalue weighted by molar-refractivity contribution is 7.80. The Morgan fingerprint density at radius 3 is 2.07 bits per heavy atom. The molecule has 0 aliphatic heterocycles. The van der Waals surface area contributed by atoms with Gasteiger partial charge in [0.1, 0.15) is 5.05 Å². The monoisotopic (exact) mass is 250 g/mol. The van der Waals surface area contributed by atoms with Crippen LogP contribution >= 0.6 is 12.2 Å². The Morgan fingerprint density at radius 2 is 1.67 bits per heavy atom. The summed E-state index contributed by atoms with van der Waals surface area (Å²) in [5.74, 6) is 0. The highest BCUT2D eigenvalue weighted by Crippen LogP contribution is 2.12. The molecule has 0 saturated carbocycles. The van der Waals surface area contributed by atoms with Gasteiger partial charge in [-0.15, -0.1) is 0 Å². The van der Waals surface area contributed by atoms with E-state index in [0.717, 1.165) is 19.3 Å². The summed E-state index contributed by atoms with van der Waals surface area (Å²) in [6.45, 7) is 9.08. The fraction of sp³-hybridized carbons (Fsp3) is 0.900. The highest BCUT2D eigenvalue weighted by atomic mass is 32.1. The van der Waals surface area contributed by atoms with Crippen LogP contribution in [0.4, 0.5) is 0 Å². The Labute approximate surface area is 99.5 Å². The Morgan fingerprint density at radius 1 is 1.13 bits per heavy atom. The van der Waals surface area contributed by atoms with Gasteiger partial charge in [0.05, 0.1) is 0 Å². The third-order valence-electron chi connectivity index (χ3n) is 1.85. The van der Waals surface area contributed by atoms with Crippen LogP contribution in [0, 0.1) is 0 Å². The van der Waals surface area contributed by atoms with Crippen LogP contribution in [-0.4, -0.2) is 27.1 Å². The minimum atomic E-state index is -2.50. The van der Waals surface area contributed by atoms with Gasteiger partial charge >= 0.3 is 8.80 Å². The van der Waals surface area contributed by atoms with Gasteiger partial charge in [-0.2, -0.15) is 0 Å². The minimum absolute atomic E-state index is 0.596. The van der Waals surface area contributed by atoms with Crippen molar-refractivity contribution in [2.75, 3.05) is 13.2 Å². The maximum atomic E-state index is 5.65. The van der Waals surface area contributed by atoms with Crippen molar-refractivity contribution in [2.24, 2.45) is 0 Å². The van der Waals surface area contributed by atoms with E-state index >= 15 is 0 Å². The van der Waals surface area contributed by atoms with Crippen LogP contribution in [0.2, 0.25) is 6.55 Å². The quantitative estimate of drug-likeness (QED) is 0.488. The molecule has 0 atom stereocenters. The third kappa shape index (κ3) is 7.00. The van der Waals surface area contributed by atoms with Gasteiger partial charge in [0, 0.05) is 26.2 Å². The predicted octanol–water partition coefficient (Wildman–Crippen LogP) is 3.16. The van der Waals surface area contributed by atoms with Crippen molar-refractivity contribution in [1.82, 2.24) is 0 Å². The summed E-state index contributed by atoms with van der Waals surface area (Å²) < 4.78 is 16.7. The second-order valence-corrected chi connectivity index (χ2v) is 6.27. The van der Waals surface area contributed by atoms with E-state index in [2.05, 4.69) is 6.92 Å². The second kappa shape index (κ2) is 8.21. The van der Waals surface area contributed by atoms with Crippen molar-refractivity contribution in [2.45, 2.75) is 46.6 Å². The Hall–Kier alpha value is 0.0269. The van der Waals surface area contributed by atoms with E-state index in [0.29, 0.717) is 18.3 Å². The van der Waals surface area contributed by atoms with E-state index < -0.39 is 8.80 Å². The Kier molecular flexibility index (Phi) is 8.23. The Balaban J connectivity index is 4.08. The van der Waals surface area contributed by atoms with Crippen LogP contribution in [0.5, 0.6) is 0 Å². The SMILES string of the molecule is CCCCC(=S)O[Si](C)(OCC)OCC. The predicted molar refractivity (Wildman–Crippen MR) is 68.1 cm³/mol. The topological polar surface area (TPSA) is 27.7 Å². The molecule has 0 heterocycles. The summed E-state index contributed by atoms with van der Waals surface area (Å²) in [5.41, 5.74) is 0. The van der Waals surface area contributed by atoms with Gasteiger partial charge < -0.3 is 13.3 Å². The molecule has 0 aromatic carbocycles. The first-order valence-corrected chi connectivity index (χ1v) is 8.21. The number of hydrogen-bond acceptors (Lipinski definition) is 4. The molecule has 15 heavy (non-hydrogen) atoms. The molecule has 0 fully saturated rings. The zero-order chi connectivity index (χ0) is 11.7. The molecule has 0 aliphatic rings. The van der Waals surface area contributed by atoms with E-state index in [1.807, 2.05) is 20.4 Å². The highest BCUT2D eigenvalue weighted by Gasteiger charge is 2.37. The lowest BCUT2D eigenvalue weighted by Gasteiger charge is -2.25. The van der Waals surface area contributed by atoms with Gasteiger partial charge in [-0.1, -0.05) is 13.3 Å². The van der Waals surface area contributed by atoms with E-state index in [9.17, 15) is 0 Å². The molecule has 0 aromatic rings. The zero-order valence-corrected chi connectivity index (χ0v) is 12.0. The summed E-state index contributed by atoms with van der Waals surface area (Å²) in [7, 11) is -2.50. The first-order valence-electron chi connectivity index (χ1n) is 5.57. The van der Waals surface area contributed by atoms with Gasteiger partial charge in [-0.25, -0.2) is 0 Å². The van der Waals surface area contributed by atoms with Crippen LogP contribution in [0.25, 0.3) is 0 Å². The standard InChI is InChI=1S/C10H22O3SSi/c1-5-8-9-10(14)13-15(4,11-6-2)12-7-3/h5-9H2,1-4H3. The van der Waals surface area contributed by atoms with Crippen molar-refractivity contribution in [3.05, 3.63) is 0 Å². The molecule has 0 bridgehead atoms. The fourth-order valence-corrected chi connectivity index (χ4v) is 3.57. The first kappa shape index (κ1) is 15.0. The molecule has 90 valence electrons. The van der Waals surface area contributed by atoms with Crippen LogP contribution < -0.4 is 0 Å². The largest absolute Gasteiger partial charge is 0.563 e. The molecule has 0 spiro atoms. The van der Waals surface area contributed by atoms with Gasteiger partial charge in [-0.05, 0) is 32.5 Å². The minimum Gasteiger partial charge on any atom is -0.495 e. The maximum Gasteiger partial charge on any atom is 0.563 e. The molecule has 0 radical (unpaired) electrons. The van der Waals surface area contributed by atoms with Gasteiger partial charge in [0.2, 0.25) is 0 Å². The van der Waals surface area contributed by atoms with Crippen LogP contribution in [0.3, 0.4) is 0 Å². The van der Waals surface area contributed by atoms with Crippen LogP contribution in [-0.2, 0) is 13.3 Å². The smallest absolute Gasteiger partial charge is 0.495 e. The molecule has 0 rings (SSSR count). The first-order chi connectivity index (χ1) is 7.08. The van der Waals surface area contributed by atoms with Crippen molar-refractivity contribution >= 4 is 26.1 Å². The molecule has 0 unspecified atom stereocenters. The van der Waals surface area contributed by atoms with E-state index in [4.69, 9.17) is 25.5 Å². The van der Waals surface area contributed by atoms with Gasteiger partial charge in [0.25, 0.3) is 0 Å². The van der Waals surface area contributed by atoms with E-state index in [1.54, 1.807) is 0 Å². The zero-order valence-electron chi connectivity index (χ0n) is 10.2. The van der Waals surface area contributed by atoms with Crippen molar-refractivity contribution in [3.63, 3.8) is 0 Å². The van der Waals surface area contributed by atoms with Gasteiger partial charge in [0.15, 0.2) is 0 Å². The Bertz CT molecular complexity index is 182. The summed E-state index contributed by atoms with van der Waals surface area (Å²) in [4.78, 5) is 0. The molecule has 0 aromatic heterocycles. The lowest BCUT2D eigenvalue weighted by Crippen LogP contribution is -2.44. The summed E-state index contributed by atoms with van der Waals surface area (Å²) in [6, 6.07) is 0. The van der Waals surface area contributed by atoms with Crippen molar-refractivity contribution in [3.8, 4) is 0 Å². The average molecular weight is 250 g/mol. The van der Waals surface area contributed by atoms with Crippen molar-refractivity contribution < 1.29 is 13.3 Å². The molecule has 3 nitrogen and oxygen atoms in total. The molecule has 0 N–H and O–H groups in total. The summed E-state index contributed by atoms with van der Waals surface area (Å²) >= 11 is 5.15. The lowest BCUT2D eigenvalue weighted by atomic mass is 10.3. The molecule has 5 heteroatoms. The third-order valence-corrected chi connectivity index (χ3v) is 4.53. The molecular weight excluding hydrogens is 228 g/mol. The summed E-state index contributed by atoms with van der Waals surface area (Å²) in [5, 5.41) is 0.618. The van der Waals surface area contributed by atoms with Crippen molar-refractivity contribution in [1.29, 1.82) is 0 Å². The van der Waals surface area contributed by atoms with E-state index in [-0.39, 0.29) is 0 Å². The molecule has 0 saturated heterocycles.